The zero-order valence-corrected chi connectivity index (χ0v) is 20.1. The van der Waals surface area contributed by atoms with Crippen molar-refractivity contribution in [3.8, 4) is 11.1 Å². The van der Waals surface area contributed by atoms with Gasteiger partial charge in [0.25, 0.3) is 5.91 Å². The quantitative estimate of drug-likeness (QED) is 0.476. The molecule has 1 saturated carbocycles. The second-order valence-corrected chi connectivity index (χ2v) is 10.2. The number of carbonyl (C=O) groups excluding carboxylic acids is 2. The van der Waals surface area contributed by atoms with Gasteiger partial charge in [-0.1, -0.05) is 30.3 Å². The normalized spacial score (nSPS) is 25.3. The van der Waals surface area contributed by atoms with E-state index in [4.69, 9.17) is 4.74 Å². The third-order valence-electron chi connectivity index (χ3n) is 6.71. The molecule has 9 heteroatoms. The number of rotatable bonds is 7. The molecule has 2 bridgehead atoms. The number of halogens is 2. The van der Waals surface area contributed by atoms with E-state index in [1.807, 2.05) is 0 Å². The molecule has 1 amide bonds. The fraction of sp³-hybridized carbons (Fsp3) is 0.440. The van der Waals surface area contributed by atoms with Gasteiger partial charge in [-0.15, -0.1) is 4.72 Å². The van der Waals surface area contributed by atoms with Crippen molar-refractivity contribution in [1.29, 1.82) is 0 Å². The molecule has 182 valence electrons. The minimum atomic E-state index is -1.34. The van der Waals surface area contributed by atoms with Crippen molar-refractivity contribution in [2.75, 3.05) is 6.26 Å². The molecular weight excluding hydrogens is 462 g/mol. The van der Waals surface area contributed by atoms with Crippen molar-refractivity contribution in [3.05, 3.63) is 59.7 Å². The summed E-state index contributed by atoms with van der Waals surface area (Å²) in [6.45, 7) is 2.77. The summed E-state index contributed by atoms with van der Waals surface area (Å²) >= 11 is -1.34. The van der Waals surface area contributed by atoms with Gasteiger partial charge < -0.3 is 14.2 Å². The highest BCUT2D eigenvalue weighted by molar-refractivity contribution is 7.88. The molecule has 2 saturated heterocycles. The van der Waals surface area contributed by atoms with Crippen molar-refractivity contribution < 1.29 is 27.7 Å². The summed E-state index contributed by atoms with van der Waals surface area (Å²) in [5.41, 5.74) is 1.07. The van der Waals surface area contributed by atoms with Gasteiger partial charge in [0, 0.05) is 29.9 Å². The Bertz CT molecular complexity index is 1080. The summed E-state index contributed by atoms with van der Waals surface area (Å²) in [5, 5.41) is 0. The van der Waals surface area contributed by atoms with Gasteiger partial charge in [-0.25, -0.2) is 8.78 Å². The molecular formula is C25H28F2N2O4S. The maximum atomic E-state index is 15.6. The summed E-state index contributed by atoms with van der Waals surface area (Å²) in [7, 11) is 0. The number of fused-ring (bicyclic) bond motifs is 2. The van der Waals surface area contributed by atoms with Crippen LogP contribution in [0.4, 0.5) is 8.78 Å². The number of hydrogen-bond donors (Lipinski definition) is 1. The second-order valence-electron chi connectivity index (χ2n) is 9.04. The van der Waals surface area contributed by atoms with Crippen LogP contribution in [0.15, 0.2) is 42.5 Å². The van der Waals surface area contributed by atoms with Gasteiger partial charge >= 0.3 is 5.97 Å². The lowest BCUT2D eigenvalue weighted by atomic mass is 9.66. The summed E-state index contributed by atoms with van der Waals surface area (Å²) in [6, 6.07) is 9.86. The fourth-order valence-electron chi connectivity index (χ4n) is 5.19. The average Bonchev–Trinajstić information content (AvgIpc) is 2.73. The Hall–Kier alpha value is -2.49. The smallest absolute Gasteiger partial charge is 0.303 e. The number of esters is 1. The third kappa shape index (κ3) is 4.96. The number of hydrogen-bond acceptors (Lipinski definition) is 5. The maximum absolute atomic E-state index is 15.6. The predicted octanol–water partition coefficient (Wildman–Crippen LogP) is 3.37. The van der Waals surface area contributed by atoms with E-state index in [0.29, 0.717) is 11.1 Å². The number of amides is 1. The topological polar surface area (TPSA) is 81.7 Å². The zero-order valence-electron chi connectivity index (χ0n) is 19.3. The molecule has 2 aromatic rings. The fourth-order valence-corrected chi connectivity index (χ4v) is 5.93. The lowest BCUT2D eigenvalue weighted by molar-refractivity contribution is -0.168. The Morgan fingerprint density at radius 1 is 1.24 bits per heavy atom. The second kappa shape index (κ2) is 10.0. The molecule has 1 unspecified atom stereocenters. The number of benzene rings is 2. The predicted molar refractivity (Wildman–Crippen MR) is 125 cm³/mol. The Morgan fingerprint density at radius 2 is 1.94 bits per heavy atom. The summed E-state index contributed by atoms with van der Waals surface area (Å²) in [6.07, 6.45) is 2.22. The van der Waals surface area contributed by atoms with E-state index in [9.17, 15) is 18.5 Å². The van der Waals surface area contributed by atoms with Crippen LogP contribution in [0.25, 0.3) is 11.1 Å². The van der Waals surface area contributed by atoms with Crippen LogP contribution in [0.3, 0.4) is 0 Å². The van der Waals surface area contributed by atoms with Gasteiger partial charge in [0.1, 0.15) is 17.9 Å². The molecule has 0 spiro atoms. The Balaban J connectivity index is 1.68. The minimum Gasteiger partial charge on any atom is -0.598 e. The first-order valence-corrected chi connectivity index (χ1v) is 12.8. The highest BCUT2D eigenvalue weighted by Crippen LogP contribution is 2.45. The molecule has 4 atom stereocenters. The monoisotopic (exact) mass is 490 g/mol. The van der Waals surface area contributed by atoms with Gasteiger partial charge in [-0.2, -0.15) is 0 Å². The molecule has 2 aromatic carbocycles. The molecule has 5 rings (SSSR count). The average molecular weight is 491 g/mol. The van der Waals surface area contributed by atoms with Gasteiger partial charge in [0.05, 0.1) is 12.1 Å². The first-order chi connectivity index (χ1) is 16.2. The summed E-state index contributed by atoms with van der Waals surface area (Å²) in [5.74, 6) is -1.64. The molecule has 0 aromatic heterocycles. The molecule has 1 aliphatic carbocycles. The van der Waals surface area contributed by atoms with Crippen LogP contribution in [0.2, 0.25) is 0 Å². The number of nitrogens with one attached hydrogen (secondary N) is 1. The highest BCUT2D eigenvalue weighted by atomic mass is 32.2. The first-order valence-electron chi connectivity index (χ1n) is 11.3. The van der Waals surface area contributed by atoms with Crippen LogP contribution in [-0.2, 0) is 32.1 Å². The van der Waals surface area contributed by atoms with Gasteiger partial charge in [-0.3, -0.25) is 9.59 Å². The summed E-state index contributed by atoms with van der Waals surface area (Å²) in [4.78, 5) is 26.4. The Labute approximate surface area is 201 Å². The Kier molecular flexibility index (Phi) is 7.25. The summed E-state index contributed by atoms with van der Waals surface area (Å²) < 4.78 is 49.7. The van der Waals surface area contributed by atoms with Gasteiger partial charge in [0.15, 0.2) is 6.10 Å². The van der Waals surface area contributed by atoms with Crippen LogP contribution in [0.1, 0.15) is 32.3 Å². The molecule has 1 N–H and O–H groups in total. The van der Waals surface area contributed by atoms with Crippen LogP contribution in [0, 0.1) is 17.6 Å². The molecule has 6 nitrogen and oxygen atoms in total. The van der Waals surface area contributed by atoms with Crippen LogP contribution >= 0.6 is 0 Å². The van der Waals surface area contributed by atoms with Crippen molar-refractivity contribution in [3.63, 3.8) is 0 Å². The Morgan fingerprint density at radius 3 is 2.59 bits per heavy atom. The van der Waals surface area contributed by atoms with E-state index in [1.165, 1.54) is 38.3 Å². The largest absolute Gasteiger partial charge is 0.598 e. The van der Waals surface area contributed by atoms with Crippen LogP contribution < -0.4 is 4.72 Å². The van der Waals surface area contributed by atoms with Crippen molar-refractivity contribution in [1.82, 2.24) is 9.62 Å². The SMILES string of the molecule is CC(=O)O[C@H](C)C(=O)N1C2CC(C2)[C@H](N[S+](C)[O-])[C@@H]1Cc1cccc(-c2cccc(F)c2)c1F. The van der Waals surface area contributed by atoms with Crippen molar-refractivity contribution in [2.45, 2.75) is 57.3 Å². The number of ether oxygens (including phenoxy) is 1. The lowest BCUT2D eigenvalue weighted by Gasteiger charge is -2.57. The van der Waals surface area contributed by atoms with Crippen LogP contribution in [-0.4, -0.2) is 51.8 Å². The minimum absolute atomic E-state index is 0.0432. The number of carbonyl (C=O) groups is 2. The molecule has 2 heterocycles. The van der Waals surface area contributed by atoms with E-state index in [0.717, 1.165) is 12.8 Å². The van der Waals surface area contributed by atoms with Gasteiger partial charge in [0.2, 0.25) is 0 Å². The van der Waals surface area contributed by atoms with Crippen molar-refractivity contribution >= 4 is 23.2 Å². The van der Waals surface area contributed by atoms with Crippen molar-refractivity contribution in [2.24, 2.45) is 5.92 Å². The lowest BCUT2D eigenvalue weighted by Crippen LogP contribution is -2.71. The zero-order chi connectivity index (χ0) is 24.6. The molecule has 2 aliphatic heterocycles. The van der Waals surface area contributed by atoms with E-state index >= 15 is 4.39 Å². The molecule has 0 radical (unpaired) electrons. The third-order valence-corrected chi connectivity index (χ3v) is 7.32. The molecule has 34 heavy (non-hydrogen) atoms. The van der Waals surface area contributed by atoms with E-state index in [-0.39, 0.29) is 35.9 Å². The van der Waals surface area contributed by atoms with E-state index in [1.54, 1.807) is 29.2 Å². The number of piperidine rings is 2. The van der Waals surface area contributed by atoms with Gasteiger partial charge in [-0.05, 0) is 55.4 Å². The van der Waals surface area contributed by atoms with Crippen LogP contribution in [0.5, 0.6) is 0 Å². The highest BCUT2D eigenvalue weighted by Gasteiger charge is 2.54. The van der Waals surface area contributed by atoms with E-state index < -0.39 is 41.1 Å². The molecule has 3 fully saturated rings. The molecule has 3 aliphatic rings. The number of nitrogens with zero attached hydrogens (tertiary/aromatic N) is 1. The maximum Gasteiger partial charge on any atom is 0.303 e. The first kappa shape index (κ1) is 24.6. The van der Waals surface area contributed by atoms with E-state index in [2.05, 4.69) is 4.72 Å². The standard InChI is InChI=1S/C25H28F2N2O4S/c1-14(33-15(2)30)25(31)29-20-11-18(12-20)24(28-34(3)32)22(29)13-17-7-5-9-21(23(17)27)16-6-4-8-19(26)10-16/h4-10,14,18,20,22,24,28H,11-13H2,1-3H3/t14-,18?,20?,22+,24+,34?/m1/s1.